The second kappa shape index (κ2) is 7.54. The number of rotatable bonds is 6. The molecule has 0 spiro atoms. The molecule has 2 heteroatoms. The van der Waals surface area contributed by atoms with Gasteiger partial charge in [-0.25, -0.2) is 0 Å². The molecule has 0 bridgehead atoms. The van der Waals surface area contributed by atoms with E-state index in [1.165, 1.54) is 0 Å². The molecule has 1 unspecified atom stereocenters. The molecule has 0 fully saturated rings. The van der Waals surface area contributed by atoms with Crippen LogP contribution in [0.2, 0.25) is 0 Å². The molecular formula is C15H18O2. The second-order valence-corrected chi connectivity index (χ2v) is 3.43. The predicted octanol–water partition coefficient (Wildman–Crippen LogP) is 3.32. The number of ether oxygens (including phenoxy) is 2. The highest BCUT2D eigenvalue weighted by Crippen LogP contribution is 2.25. The molecule has 1 aromatic rings. The highest BCUT2D eigenvalue weighted by Gasteiger charge is 2.16. The van der Waals surface area contributed by atoms with Crippen LogP contribution in [0.1, 0.15) is 25.5 Å². The van der Waals surface area contributed by atoms with Crippen molar-refractivity contribution in [2.75, 3.05) is 13.2 Å². The third-order valence-corrected chi connectivity index (χ3v) is 2.22. The van der Waals surface area contributed by atoms with Gasteiger partial charge in [0.15, 0.2) is 0 Å². The molecule has 0 amide bonds. The fourth-order valence-electron chi connectivity index (χ4n) is 1.46. The van der Waals surface area contributed by atoms with Crippen molar-refractivity contribution < 1.29 is 9.47 Å². The Bertz CT molecular complexity index is 398. The molecular weight excluding hydrogens is 212 g/mol. The molecule has 0 saturated heterocycles. The van der Waals surface area contributed by atoms with Crippen LogP contribution in [-0.2, 0) is 9.47 Å². The molecule has 2 nitrogen and oxygen atoms in total. The van der Waals surface area contributed by atoms with Crippen LogP contribution in [0.5, 0.6) is 0 Å². The molecule has 0 saturated carbocycles. The Labute approximate surface area is 103 Å². The molecule has 0 aromatic heterocycles. The van der Waals surface area contributed by atoms with E-state index < -0.39 is 0 Å². The van der Waals surface area contributed by atoms with Gasteiger partial charge in [-0.3, -0.25) is 0 Å². The summed E-state index contributed by atoms with van der Waals surface area (Å²) in [5, 5.41) is 0. The van der Waals surface area contributed by atoms with Gasteiger partial charge in [0.2, 0.25) is 0 Å². The second-order valence-electron chi connectivity index (χ2n) is 3.43. The zero-order valence-electron chi connectivity index (χ0n) is 10.4. The molecule has 0 aliphatic heterocycles. The van der Waals surface area contributed by atoms with E-state index in [4.69, 9.17) is 9.47 Å². The number of hydrogen-bond acceptors (Lipinski definition) is 2. The standard InChI is InChI=1S/C15H18O2/c1-4-6-12-17-15(13(3)16-5-2)14-10-8-7-9-11-14/h7-11,15H,3,5,12H2,1-2H3. The lowest BCUT2D eigenvalue weighted by Gasteiger charge is -2.19. The first-order valence-corrected chi connectivity index (χ1v) is 5.67. The lowest BCUT2D eigenvalue weighted by Crippen LogP contribution is -2.09. The Morgan fingerprint density at radius 2 is 2.06 bits per heavy atom. The normalized spacial score (nSPS) is 11.2. The summed E-state index contributed by atoms with van der Waals surface area (Å²) in [6.45, 7) is 8.59. The quantitative estimate of drug-likeness (QED) is 0.551. The van der Waals surface area contributed by atoms with Gasteiger partial charge in [0.1, 0.15) is 18.5 Å². The Balaban J connectivity index is 2.77. The van der Waals surface area contributed by atoms with Crippen molar-refractivity contribution in [1.29, 1.82) is 0 Å². The first kappa shape index (κ1) is 13.3. The van der Waals surface area contributed by atoms with Gasteiger partial charge in [0.25, 0.3) is 0 Å². The molecule has 0 radical (unpaired) electrons. The number of hydrogen-bond donors (Lipinski definition) is 0. The van der Waals surface area contributed by atoms with Gasteiger partial charge in [-0.15, -0.1) is 5.92 Å². The van der Waals surface area contributed by atoms with Crippen LogP contribution in [0, 0.1) is 11.8 Å². The van der Waals surface area contributed by atoms with Crippen molar-refractivity contribution in [2.45, 2.75) is 20.0 Å². The fourth-order valence-corrected chi connectivity index (χ4v) is 1.46. The highest BCUT2D eigenvalue weighted by atomic mass is 16.5. The van der Waals surface area contributed by atoms with E-state index in [9.17, 15) is 0 Å². The van der Waals surface area contributed by atoms with Gasteiger partial charge in [0, 0.05) is 0 Å². The number of benzene rings is 1. The maximum Gasteiger partial charge on any atom is 0.140 e. The third-order valence-electron chi connectivity index (χ3n) is 2.22. The van der Waals surface area contributed by atoms with Crippen molar-refractivity contribution >= 4 is 0 Å². The van der Waals surface area contributed by atoms with Crippen LogP contribution in [0.25, 0.3) is 0 Å². The van der Waals surface area contributed by atoms with Crippen molar-refractivity contribution in [3.05, 3.63) is 48.2 Å². The lowest BCUT2D eigenvalue weighted by molar-refractivity contribution is 0.0497. The molecule has 0 aliphatic rings. The minimum Gasteiger partial charge on any atom is -0.496 e. The molecule has 0 heterocycles. The van der Waals surface area contributed by atoms with Crippen molar-refractivity contribution in [1.82, 2.24) is 0 Å². The minimum absolute atomic E-state index is 0.253. The maximum atomic E-state index is 5.68. The van der Waals surface area contributed by atoms with E-state index in [-0.39, 0.29) is 6.10 Å². The largest absolute Gasteiger partial charge is 0.496 e. The van der Waals surface area contributed by atoms with Gasteiger partial charge >= 0.3 is 0 Å². The van der Waals surface area contributed by atoms with Crippen LogP contribution >= 0.6 is 0 Å². The van der Waals surface area contributed by atoms with Crippen LogP contribution in [0.3, 0.4) is 0 Å². The summed E-state index contributed by atoms with van der Waals surface area (Å²) in [7, 11) is 0. The summed E-state index contributed by atoms with van der Waals surface area (Å²) < 4.78 is 11.1. The fraction of sp³-hybridized carbons (Fsp3) is 0.333. The molecule has 1 aromatic carbocycles. The van der Waals surface area contributed by atoms with E-state index in [1.54, 1.807) is 6.92 Å². The smallest absolute Gasteiger partial charge is 0.140 e. The Morgan fingerprint density at radius 1 is 1.35 bits per heavy atom. The molecule has 0 N–H and O–H groups in total. The maximum absolute atomic E-state index is 5.68. The van der Waals surface area contributed by atoms with Gasteiger partial charge < -0.3 is 9.47 Å². The molecule has 17 heavy (non-hydrogen) atoms. The Kier molecular flexibility index (Phi) is 5.92. The van der Waals surface area contributed by atoms with Crippen LogP contribution in [0.15, 0.2) is 42.7 Å². The SMILES string of the molecule is C=C(OCC)C(OCC#CC)c1ccccc1. The Hall–Kier alpha value is -1.72. The Morgan fingerprint density at radius 3 is 2.65 bits per heavy atom. The molecule has 1 rings (SSSR count). The van der Waals surface area contributed by atoms with E-state index >= 15 is 0 Å². The lowest BCUT2D eigenvalue weighted by atomic mass is 10.1. The highest BCUT2D eigenvalue weighted by molar-refractivity contribution is 5.23. The van der Waals surface area contributed by atoms with Crippen LogP contribution in [0.4, 0.5) is 0 Å². The van der Waals surface area contributed by atoms with Crippen LogP contribution < -0.4 is 0 Å². The summed E-state index contributed by atoms with van der Waals surface area (Å²) in [6, 6.07) is 9.89. The zero-order chi connectivity index (χ0) is 12.5. The van der Waals surface area contributed by atoms with E-state index in [0.29, 0.717) is 19.0 Å². The average molecular weight is 230 g/mol. The first-order chi connectivity index (χ1) is 8.29. The average Bonchev–Trinajstić information content (AvgIpc) is 2.36. The minimum atomic E-state index is -0.253. The summed E-state index contributed by atoms with van der Waals surface area (Å²) in [4.78, 5) is 0. The van der Waals surface area contributed by atoms with Gasteiger partial charge in [-0.05, 0) is 19.4 Å². The molecule has 0 aliphatic carbocycles. The molecule has 90 valence electrons. The monoisotopic (exact) mass is 230 g/mol. The first-order valence-electron chi connectivity index (χ1n) is 5.67. The van der Waals surface area contributed by atoms with E-state index in [1.807, 2.05) is 37.3 Å². The zero-order valence-corrected chi connectivity index (χ0v) is 10.4. The summed E-state index contributed by atoms with van der Waals surface area (Å²) in [5.41, 5.74) is 1.03. The van der Waals surface area contributed by atoms with E-state index in [2.05, 4.69) is 18.4 Å². The molecule has 1 atom stereocenters. The van der Waals surface area contributed by atoms with Crippen molar-refractivity contribution in [3.63, 3.8) is 0 Å². The van der Waals surface area contributed by atoms with Crippen molar-refractivity contribution in [3.8, 4) is 11.8 Å². The van der Waals surface area contributed by atoms with Gasteiger partial charge in [-0.1, -0.05) is 42.8 Å². The predicted molar refractivity (Wildman–Crippen MR) is 69.4 cm³/mol. The van der Waals surface area contributed by atoms with Crippen molar-refractivity contribution in [2.24, 2.45) is 0 Å². The summed E-state index contributed by atoms with van der Waals surface area (Å²) in [6.07, 6.45) is -0.253. The van der Waals surface area contributed by atoms with Gasteiger partial charge in [-0.2, -0.15) is 0 Å². The third kappa shape index (κ3) is 4.34. The van der Waals surface area contributed by atoms with Gasteiger partial charge in [0.05, 0.1) is 6.61 Å². The van der Waals surface area contributed by atoms with E-state index in [0.717, 1.165) is 5.56 Å². The summed E-state index contributed by atoms with van der Waals surface area (Å²) >= 11 is 0. The topological polar surface area (TPSA) is 18.5 Å². The summed E-state index contributed by atoms with van der Waals surface area (Å²) in [5.74, 6) is 6.30. The van der Waals surface area contributed by atoms with Crippen LogP contribution in [-0.4, -0.2) is 13.2 Å².